The van der Waals surface area contributed by atoms with Crippen LogP contribution < -0.4 is 19.5 Å². The van der Waals surface area contributed by atoms with Crippen LogP contribution in [-0.4, -0.2) is 37.2 Å². The van der Waals surface area contributed by atoms with Gasteiger partial charge in [-0.1, -0.05) is 42.5 Å². The molecule has 0 aliphatic rings. The van der Waals surface area contributed by atoms with Gasteiger partial charge in [-0.05, 0) is 58.3 Å². The van der Waals surface area contributed by atoms with E-state index in [9.17, 15) is 14.7 Å². The van der Waals surface area contributed by atoms with Gasteiger partial charge in [0.15, 0.2) is 0 Å². The average molecular weight is 486 g/mol. The first-order valence-electron chi connectivity index (χ1n) is 11.4. The molecule has 1 unspecified atom stereocenters. The monoisotopic (exact) mass is 485 g/mol. The molecule has 4 aromatic rings. The van der Waals surface area contributed by atoms with Crippen LogP contribution in [0.2, 0.25) is 0 Å². The Morgan fingerprint density at radius 2 is 1.44 bits per heavy atom. The van der Waals surface area contributed by atoms with E-state index in [0.29, 0.717) is 29.4 Å². The van der Waals surface area contributed by atoms with E-state index in [4.69, 9.17) is 14.2 Å². The number of carboxylic acid groups (broad SMARTS) is 1. The Labute approximate surface area is 209 Å². The van der Waals surface area contributed by atoms with Crippen LogP contribution in [0.3, 0.4) is 0 Å². The Balaban J connectivity index is 1.44. The minimum atomic E-state index is -1.08. The second kappa shape index (κ2) is 11.3. The van der Waals surface area contributed by atoms with Gasteiger partial charge in [0.2, 0.25) is 0 Å². The van der Waals surface area contributed by atoms with Gasteiger partial charge in [0.1, 0.15) is 29.9 Å². The molecule has 0 saturated carbocycles. The number of carbonyl (C=O) groups excluding carboxylic acids is 1. The maximum Gasteiger partial charge on any atom is 0.326 e. The molecule has 0 bridgehead atoms. The Morgan fingerprint density at radius 3 is 2.11 bits per heavy atom. The van der Waals surface area contributed by atoms with Gasteiger partial charge >= 0.3 is 5.97 Å². The van der Waals surface area contributed by atoms with Gasteiger partial charge < -0.3 is 24.6 Å². The predicted molar refractivity (Wildman–Crippen MR) is 137 cm³/mol. The molecule has 0 aliphatic carbocycles. The van der Waals surface area contributed by atoms with E-state index in [0.717, 1.165) is 21.9 Å². The smallest absolute Gasteiger partial charge is 0.326 e. The topological polar surface area (TPSA) is 94.1 Å². The summed E-state index contributed by atoms with van der Waals surface area (Å²) < 4.78 is 16.6. The van der Waals surface area contributed by atoms with Crippen molar-refractivity contribution in [3.05, 3.63) is 102 Å². The highest BCUT2D eigenvalue weighted by atomic mass is 16.5. The van der Waals surface area contributed by atoms with E-state index in [-0.39, 0.29) is 6.42 Å². The third kappa shape index (κ3) is 6.13. The highest BCUT2D eigenvalue weighted by Crippen LogP contribution is 2.26. The lowest BCUT2D eigenvalue weighted by molar-refractivity contribution is -0.139. The van der Waals surface area contributed by atoms with E-state index in [2.05, 4.69) is 5.32 Å². The fraction of sp³-hybridized carbons (Fsp3) is 0.172. The molecule has 0 saturated heterocycles. The molecule has 0 spiro atoms. The SMILES string of the molecule is COc1cc(COc2ccc3cc(C(=O)NC(Cc4ccccc4)C(=O)O)ccc3c2)cc(OC)c1. The number of rotatable bonds is 10. The number of methoxy groups -OCH3 is 2. The predicted octanol–water partition coefficient (Wildman–Crippen LogP) is 4.86. The number of carbonyl (C=O) groups is 2. The first kappa shape index (κ1) is 24.6. The second-order valence-corrected chi connectivity index (χ2v) is 8.29. The van der Waals surface area contributed by atoms with E-state index in [1.165, 1.54) is 0 Å². The summed E-state index contributed by atoms with van der Waals surface area (Å²) in [7, 11) is 3.20. The highest BCUT2D eigenvalue weighted by molar-refractivity contribution is 6.00. The largest absolute Gasteiger partial charge is 0.497 e. The van der Waals surface area contributed by atoms with Gasteiger partial charge in [-0.3, -0.25) is 4.79 Å². The van der Waals surface area contributed by atoms with Crippen molar-refractivity contribution in [3.63, 3.8) is 0 Å². The molecule has 184 valence electrons. The molecule has 4 rings (SSSR count). The molecule has 4 aromatic carbocycles. The summed E-state index contributed by atoms with van der Waals surface area (Å²) in [6.07, 6.45) is 0.204. The van der Waals surface area contributed by atoms with Gasteiger partial charge in [0.05, 0.1) is 14.2 Å². The number of aliphatic carboxylic acids is 1. The van der Waals surface area contributed by atoms with E-state index >= 15 is 0 Å². The van der Waals surface area contributed by atoms with Crippen LogP contribution in [0.1, 0.15) is 21.5 Å². The zero-order chi connectivity index (χ0) is 25.5. The molecule has 0 aliphatic heterocycles. The Morgan fingerprint density at radius 1 is 0.778 bits per heavy atom. The molecule has 0 fully saturated rings. The van der Waals surface area contributed by atoms with Crippen molar-refractivity contribution >= 4 is 22.6 Å². The quantitative estimate of drug-likeness (QED) is 0.333. The summed E-state index contributed by atoms with van der Waals surface area (Å²) in [6, 6.07) is 24.6. The van der Waals surface area contributed by atoms with Crippen molar-refractivity contribution < 1.29 is 28.9 Å². The average Bonchev–Trinajstić information content (AvgIpc) is 2.91. The van der Waals surface area contributed by atoms with Gasteiger partial charge in [0, 0.05) is 18.1 Å². The fourth-order valence-electron chi connectivity index (χ4n) is 3.86. The number of hydrogen-bond acceptors (Lipinski definition) is 5. The Kier molecular flexibility index (Phi) is 7.70. The van der Waals surface area contributed by atoms with Crippen molar-refractivity contribution in [2.45, 2.75) is 19.1 Å². The van der Waals surface area contributed by atoms with Crippen LogP contribution in [-0.2, 0) is 17.8 Å². The molecule has 7 nitrogen and oxygen atoms in total. The normalized spacial score (nSPS) is 11.5. The lowest BCUT2D eigenvalue weighted by Crippen LogP contribution is -2.42. The summed E-state index contributed by atoms with van der Waals surface area (Å²) in [5.41, 5.74) is 2.13. The van der Waals surface area contributed by atoms with Gasteiger partial charge in [-0.2, -0.15) is 0 Å². The van der Waals surface area contributed by atoms with Crippen LogP contribution in [0, 0.1) is 0 Å². The molecule has 36 heavy (non-hydrogen) atoms. The zero-order valence-electron chi connectivity index (χ0n) is 20.1. The maximum atomic E-state index is 12.8. The standard InChI is InChI=1S/C29H27NO6/c1-34-25-12-20(13-26(17-25)35-2)18-36-24-11-10-21-15-23(9-8-22(21)16-24)28(31)30-27(29(32)33)14-19-6-4-3-5-7-19/h3-13,15-17,27H,14,18H2,1-2H3,(H,30,31)(H,32,33). The molecule has 1 atom stereocenters. The van der Waals surface area contributed by atoms with Crippen LogP contribution in [0.5, 0.6) is 17.2 Å². The van der Waals surface area contributed by atoms with E-state index in [1.807, 2.05) is 66.7 Å². The van der Waals surface area contributed by atoms with E-state index in [1.54, 1.807) is 32.4 Å². The number of hydrogen-bond donors (Lipinski definition) is 2. The Bertz CT molecular complexity index is 1350. The zero-order valence-corrected chi connectivity index (χ0v) is 20.1. The van der Waals surface area contributed by atoms with E-state index < -0.39 is 17.9 Å². The first-order chi connectivity index (χ1) is 17.4. The number of ether oxygens (including phenoxy) is 3. The maximum absolute atomic E-state index is 12.8. The van der Waals surface area contributed by atoms with Crippen LogP contribution >= 0.6 is 0 Å². The lowest BCUT2D eigenvalue weighted by atomic mass is 10.0. The summed E-state index contributed by atoms with van der Waals surface area (Å²) in [6.45, 7) is 0.331. The summed E-state index contributed by atoms with van der Waals surface area (Å²) in [5.74, 6) is 0.531. The third-order valence-electron chi connectivity index (χ3n) is 5.78. The first-order valence-corrected chi connectivity index (χ1v) is 11.4. The summed E-state index contributed by atoms with van der Waals surface area (Å²) >= 11 is 0. The van der Waals surface area contributed by atoms with Gasteiger partial charge in [0.25, 0.3) is 5.91 Å². The van der Waals surface area contributed by atoms with Crippen LogP contribution in [0.4, 0.5) is 0 Å². The number of fused-ring (bicyclic) bond motifs is 1. The van der Waals surface area contributed by atoms with Crippen molar-refractivity contribution in [3.8, 4) is 17.2 Å². The number of benzene rings is 4. The number of carboxylic acids is 1. The van der Waals surface area contributed by atoms with Crippen LogP contribution in [0.25, 0.3) is 10.8 Å². The molecule has 0 heterocycles. The molecule has 1 amide bonds. The fourth-order valence-corrected chi connectivity index (χ4v) is 3.86. The van der Waals surface area contributed by atoms with Gasteiger partial charge in [-0.25, -0.2) is 4.79 Å². The Hall–Kier alpha value is -4.52. The highest BCUT2D eigenvalue weighted by Gasteiger charge is 2.21. The molecular weight excluding hydrogens is 458 g/mol. The van der Waals surface area contributed by atoms with Crippen molar-refractivity contribution in [2.75, 3.05) is 14.2 Å². The molecule has 2 N–H and O–H groups in total. The van der Waals surface area contributed by atoms with Crippen molar-refractivity contribution in [1.29, 1.82) is 0 Å². The molecule has 7 heteroatoms. The third-order valence-corrected chi connectivity index (χ3v) is 5.78. The summed E-state index contributed by atoms with van der Waals surface area (Å²) in [4.78, 5) is 24.5. The molecular formula is C29H27NO6. The van der Waals surface area contributed by atoms with Crippen molar-refractivity contribution in [2.24, 2.45) is 0 Å². The van der Waals surface area contributed by atoms with Crippen LogP contribution in [0.15, 0.2) is 84.9 Å². The molecule has 0 radical (unpaired) electrons. The summed E-state index contributed by atoms with van der Waals surface area (Å²) in [5, 5.41) is 13.9. The minimum absolute atomic E-state index is 0.204. The minimum Gasteiger partial charge on any atom is -0.497 e. The van der Waals surface area contributed by atoms with Crippen molar-refractivity contribution in [1.82, 2.24) is 5.32 Å². The number of amides is 1. The lowest BCUT2D eigenvalue weighted by Gasteiger charge is -2.15. The second-order valence-electron chi connectivity index (χ2n) is 8.29. The van der Waals surface area contributed by atoms with Gasteiger partial charge in [-0.15, -0.1) is 0 Å². The number of nitrogens with one attached hydrogen (secondary N) is 1. The molecule has 0 aromatic heterocycles.